The van der Waals surface area contributed by atoms with Gasteiger partial charge in [-0.2, -0.15) is 4.68 Å². The van der Waals surface area contributed by atoms with Crippen molar-refractivity contribution in [1.29, 1.82) is 0 Å². The normalized spacial score (nSPS) is 10.8. The molecule has 0 bridgehead atoms. The Balaban J connectivity index is 1.69. The van der Waals surface area contributed by atoms with E-state index in [1.807, 2.05) is 35.7 Å². The van der Waals surface area contributed by atoms with Gasteiger partial charge in [0, 0.05) is 16.0 Å². The third-order valence-electron chi connectivity index (χ3n) is 4.14. The molecule has 0 aliphatic carbocycles. The van der Waals surface area contributed by atoms with Crippen LogP contribution in [-0.2, 0) is 0 Å². The minimum absolute atomic E-state index is 0.399. The number of benzene rings is 2. The van der Waals surface area contributed by atoms with Gasteiger partial charge in [-0.05, 0) is 36.4 Å². The summed E-state index contributed by atoms with van der Waals surface area (Å²) in [5.41, 5.74) is 9.23. The van der Waals surface area contributed by atoms with E-state index in [4.69, 9.17) is 26.8 Å². The van der Waals surface area contributed by atoms with Gasteiger partial charge in [-0.25, -0.2) is 4.98 Å². The van der Waals surface area contributed by atoms with E-state index in [0.717, 1.165) is 16.9 Å². The molecule has 0 unspecified atom stereocenters. The predicted molar refractivity (Wildman–Crippen MR) is 110 cm³/mol. The molecule has 2 heterocycles. The van der Waals surface area contributed by atoms with E-state index in [-0.39, 0.29) is 0 Å². The number of thiazole rings is 1. The summed E-state index contributed by atoms with van der Waals surface area (Å²) in [4.78, 5) is 4.67. The van der Waals surface area contributed by atoms with Crippen molar-refractivity contribution >= 4 is 28.8 Å². The number of nitrogens with two attached hydrogens (primary N) is 1. The first-order valence-electron chi connectivity index (χ1n) is 8.26. The molecule has 0 spiro atoms. The van der Waals surface area contributed by atoms with E-state index in [2.05, 4.69) is 15.3 Å². The van der Waals surface area contributed by atoms with Gasteiger partial charge in [-0.15, -0.1) is 16.4 Å². The number of methoxy groups -OCH3 is 2. The Bertz CT molecular complexity index is 1140. The SMILES string of the molecule is COc1ccc(-c2csc(-c3nnn(-c4cccc(Cl)c4)c3N)n2)cc1OC. The van der Waals surface area contributed by atoms with Crippen molar-refractivity contribution in [1.82, 2.24) is 20.0 Å². The highest BCUT2D eigenvalue weighted by Gasteiger charge is 2.17. The van der Waals surface area contributed by atoms with Gasteiger partial charge in [0.15, 0.2) is 23.0 Å². The van der Waals surface area contributed by atoms with Gasteiger partial charge < -0.3 is 15.2 Å². The standard InChI is InChI=1S/C19H16ClN5O2S/c1-26-15-7-6-11(8-16(15)27-2)14-10-28-19(22-14)17-18(21)25(24-23-17)13-5-3-4-12(20)9-13/h3-10H,21H2,1-2H3. The summed E-state index contributed by atoms with van der Waals surface area (Å²) in [6.45, 7) is 0. The lowest BCUT2D eigenvalue weighted by atomic mass is 10.1. The summed E-state index contributed by atoms with van der Waals surface area (Å²) in [5, 5.41) is 11.6. The summed E-state index contributed by atoms with van der Waals surface area (Å²) in [6, 6.07) is 12.9. The van der Waals surface area contributed by atoms with Gasteiger partial charge in [0.2, 0.25) is 0 Å². The third-order valence-corrected chi connectivity index (χ3v) is 5.23. The highest BCUT2D eigenvalue weighted by Crippen LogP contribution is 2.35. The molecule has 7 nitrogen and oxygen atoms in total. The number of nitrogen functional groups attached to an aromatic ring is 1. The minimum Gasteiger partial charge on any atom is -0.493 e. The summed E-state index contributed by atoms with van der Waals surface area (Å²) >= 11 is 7.50. The topological polar surface area (TPSA) is 88.1 Å². The molecule has 0 aliphatic rings. The zero-order valence-corrected chi connectivity index (χ0v) is 16.7. The molecule has 28 heavy (non-hydrogen) atoms. The van der Waals surface area contributed by atoms with E-state index in [1.165, 1.54) is 11.3 Å². The van der Waals surface area contributed by atoms with E-state index in [0.29, 0.717) is 33.0 Å². The smallest absolute Gasteiger partial charge is 0.165 e. The maximum atomic E-state index is 6.27. The van der Waals surface area contributed by atoms with Crippen molar-refractivity contribution in [3.8, 4) is 39.1 Å². The number of hydrogen-bond donors (Lipinski definition) is 1. The molecule has 0 saturated carbocycles. The quantitative estimate of drug-likeness (QED) is 0.524. The Morgan fingerprint density at radius 1 is 1.07 bits per heavy atom. The molecule has 142 valence electrons. The van der Waals surface area contributed by atoms with Gasteiger partial charge in [-0.3, -0.25) is 0 Å². The molecule has 0 fully saturated rings. The van der Waals surface area contributed by atoms with Gasteiger partial charge in [0.25, 0.3) is 0 Å². The molecule has 0 aliphatic heterocycles. The Morgan fingerprint density at radius 3 is 2.64 bits per heavy atom. The summed E-state index contributed by atoms with van der Waals surface area (Å²) in [6.07, 6.45) is 0. The lowest BCUT2D eigenvalue weighted by Gasteiger charge is -2.08. The van der Waals surface area contributed by atoms with E-state index >= 15 is 0 Å². The second-order valence-electron chi connectivity index (χ2n) is 5.82. The molecule has 2 aromatic carbocycles. The van der Waals surface area contributed by atoms with Gasteiger partial charge in [-0.1, -0.05) is 22.9 Å². The summed E-state index contributed by atoms with van der Waals surface area (Å²) in [5.74, 6) is 1.70. The second kappa shape index (κ2) is 7.49. The Morgan fingerprint density at radius 2 is 1.89 bits per heavy atom. The highest BCUT2D eigenvalue weighted by molar-refractivity contribution is 7.13. The van der Waals surface area contributed by atoms with Crippen LogP contribution in [0.5, 0.6) is 11.5 Å². The Kier molecular flexibility index (Phi) is 4.89. The molecule has 0 amide bonds. The molecule has 9 heteroatoms. The number of halogens is 1. The molecule has 0 radical (unpaired) electrons. The monoisotopic (exact) mass is 413 g/mol. The van der Waals surface area contributed by atoms with Crippen molar-refractivity contribution in [2.75, 3.05) is 20.0 Å². The first-order valence-corrected chi connectivity index (χ1v) is 9.52. The van der Waals surface area contributed by atoms with Crippen LogP contribution in [0.15, 0.2) is 47.8 Å². The molecule has 2 N–H and O–H groups in total. The van der Waals surface area contributed by atoms with Crippen LogP contribution in [0.1, 0.15) is 0 Å². The van der Waals surface area contributed by atoms with Crippen molar-refractivity contribution < 1.29 is 9.47 Å². The number of ether oxygens (including phenoxy) is 2. The number of aromatic nitrogens is 4. The average molecular weight is 414 g/mol. The molecule has 0 atom stereocenters. The maximum absolute atomic E-state index is 6.27. The van der Waals surface area contributed by atoms with Crippen molar-refractivity contribution in [3.63, 3.8) is 0 Å². The largest absolute Gasteiger partial charge is 0.493 e. The summed E-state index contributed by atoms with van der Waals surface area (Å²) in [7, 11) is 3.20. The van der Waals surface area contributed by atoms with Crippen molar-refractivity contribution in [2.24, 2.45) is 0 Å². The lowest BCUT2D eigenvalue weighted by molar-refractivity contribution is 0.355. The number of rotatable bonds is 5. The maximum Gasteiger partial charge on any atom is 0.165 e. The van der Waals surface area contributed by atoms with Crippen LogP contribution in [0.4, 0.5) is 5.82 Å². The van der Waals surface area contributed by atoms with Crippen LogP contribution in [0, 0.1) is 0 Å². The van der Waals surface area contributed by atoms with E-state index in [9.17, 15) is 0 Å². The van der Waals surface area contributed by atoms with Crippen molar-refractivity contribution in [2.45, 2.75) is 0 Å². The summed E-state index contributed by atoms with van der Waals surface area (Å²) < 4.78 is 12.2. The third kappa shape index (κ3) is 3.28. The Labute approximate surface area is 170 Å². The molecule has 0 saturated heterocycles. The molecular weight excluding hydrogens is 398 g/mol. The first-order chi connectivity index (χ1) is 13.6. The molecular formula is C19H16ClN5O2S. The number of nitrogens with zero attached hydrogens (tertiary/aromatic N) is 4. The van der Waals surface area contributed by atoms with Crippen LogP contribution < -0.4 is 15.2 Å². The van der Waals surface area contributed by atoms with Crippen LogP contribution in [0.2, 0.25) is 5.02 Å². The minimum atomic E-state index is 0.399. The van der Waals surface area contributed by atoms with Crippen LogP contribution in [0.25, 0.3) is 27.6 Å². The van der Waals surface area contributed by atoms with Gasteiger partial charge >= 0.3 is 0 Å². The lowest BCUT2D eigenvalue weighted by Crippen LogP contribution is -2.02. The fourth-order valence-corrected chi connectivity index (χ4v) is 3.76. The number of anilines is 1. The molecule has 4 aromatic rings. The predicted octanol–water partition coefficient (Wildman–Crippen LogP) is 4.31. The average Bonchev–Trinajstić information content (AvgIpc) is 3.34. The number of hydrogen-bond acceptors (Lipinski definition) is 7. The fourth-order valence-electron chi connectivity index (χ4n) is 2.75. The first kappa shape index (κ1) is 18.3. The van der Waals surface area contributed by atoms with E-state index in [1.54, 1.807) is 31.0 Å². The fraction of sp³-hybridized carbons (Fsp3) is 0.105. The van der Waals surface area contributed by atoms with Crippen LogP contribution in [-0.4, -0.2) is 34.2 Å². The zero-order chi connectivity index (χ0) is 19.7. The second-order valence-corrected chi connectivity index (χ2v) is 7.12. The molecule has 4 rings (SSSR count). The van der Waals surface area contributed by atoms with E-state index < -0.39 is 0 Å². The van der Waals surface area contributed by atoms with Crippen LogP contribution >= 0.6 is 22.9 Å². The molecule has 2 aromatic heterocycles. The van der Waals surface area contributed by atoms with Crippen LogP contribution in [0.3, 0.4) is 0 Å². The Hall–Kier alpha value is -3.10. The van der Waals surface area contributed by atoms with Gasteiger partial charge in [0.1, 0.15) is 5.01 Å². The zero-order valence-electron chi connectivity index (χ0n) is 15.1. The van der Waals surface area contributed by atoms with Gasteiger partial charge in [0.05, 0.1) is 25.6 Å². The van der Waals surface area contributed by atoms with Crippen molar-refractivity contribution in [3.05, 3.63) is 52.9 Å². The highest BCUT2D eigenvalue weighted by atomic mass is 35.5.